The Balaban J connectivity index is 1.43. The predicted octanol–water partition coefficient (Wildman–Crippen LogP) is 5.11. The van der Waals surface area contributed by atoms with Crippen LogP contribution in [0.1, 0.15) is 67.6 Å². The van der Waals surface area contributed by atoms with Crippen molar-refractivity contribution in [2.24, 2.45) is 5.92 Å². The van der Waals surface area contributed by atoms with Crippen molar-refractivity contribution in [1.29, 1.82) is 0 Å². The summed E-state index contributed by atoms with van der Waals surface area (Å²) in [6.07, 6.45) is 0.622. The molecule has 2 unspecified atom stereocenters. The normalized spacial score (nSPS) is 14.0. The lowest BCUT2D eigenvalue weighted by Crippen LogP contribution is -2.53. The van der Waals surface area contributed by atoms with Crippen LogP contribution in [0.3, 0.4) is 0 Å². The predicted molar refractivity (Wildman–Crippen MR) is 225 cm³/mol. The number of anilines is 2. The maximum atomic E-state index is 14.3. The van der Waals surface area contributed by atoms with Crippen LogP contribution in [0.2, 0.25) is 0 Å². The molecule has 0 saturated carbocycles. The number of hydrogen-bond donors (Lipinski definition) is 5. The SMILES string of the molecule is C=CCOC(=O)NC(C(=O)NC(C)C(=O)Nc1ccc(COC(=O)Nc2cc(OCCCC(=O)OCC)c(OC)cc2C(=O)N2Cc3ccccc3C[C@H]2CO)cc1)C(C)C. The molecule has 17 heteroatoms. The van der Waals surface area contributed by atoms with Gasteiger partial charge >= 0.3 is 18.2 Å². The van der Waals surface area contributed by atoms with E-state index in [1.54, 1.807) is 49.9 Å². The highest BCUT2D eigenvalue weighted by molar-refractivity contribution is 6.04. The average molecular weight is 846 g/mol. The summed E-state index contributed by atoms with van der Waals surface area (Å²) in [5.41, 5.74) is 3.07. The van der Waals surface area contributed by atoms with E-state index in [9.17, 15) is 33.9 Å². The minimum absolute atomic E-state index is 0.0241. The van der Waals surface area contributed by atoms with Crippen molar-refractivity contribution in [3.8, 4) is 11.5 Å². The summed E-state index contributed by atoms with van der Waals surface area (Å²) in [6, 6.07) is 14.6. The standard InChI is InChI=1S/C44H55N5O12/c1-7-19-60-44(56)48-39(27(3)4)41(53)45-28(5)40(52)46-32-17-15-29(16-18-32)26-61-43(55)47-35-23-37(59-20-11-14-38(51)58-8-2)36(57-6)22-34(35)42(54)49-24-31-13-10-9-12-30(31)21-33(49)25-50/h7,9-10,12-13,15-18,22-23,27-28,33,39,50H,1,8,11,14,19-21,24-26H2,2-6H3,(H,45,53)(H,46,52)(H,47,55)(H,48,56)/t28?,33-,39?/m0/s1. The number of hydrogen-bond acceptors (Lipinski definition) is 12. The Morgan fingerprint density at radius 2 is 1.61 bits per heavy atom. The Morgan fingerprint density at radius 1 is 0.885 bits per heavy atom. The van der Waals surface area contributed by atoms with Gasteiger partial charge in [-0.1, -0.05) is 62.9 Å². The third-order valence-corrected chi connectivity index (χ3v) is 9.58. The number of alkyl carbamates (subject to hydrolysis) is 1. The zero-order chi connectivity index (χ0) is 44.5. The molecule has 0 bridgehead atoms. The van der Waals surface area contributed by atoms with Gasteiger partial charge in [0.05, 0.1) is 44.2 Å². The van der Waals surface area contributed by atoms with Crippen molar-refractivity contribution in [3.05, 3.63) is 95.6 Å². The first-order valence-electron chi connectivity index (χ1n) is 20.0. The number of nitrogens with zero attached hydrogens (tertiary/aromatic N) is 1. The number of nitrogens with one attached hydrogen (secondary N) is 4. The van der Waals surface area contributed by atoms with Crippen LogP contribution in [0.25, 0.3) is 0 Å². The maximum absolute atomic E-state index is 14.3. The molecule has 0 aromatic heterocycles. The van der Waals surface area contributed by atoms with Crippen LogP contribution in [-0.2, 0) is 48.2 Å². The van der Waals surface area contributed by atoms with Gasteiger partial charge in [-0.25, -0.2) is 9.59 Å². The minimum atomic E-state index is -0.961. The molecule has 328 valence electrons. The molecular formula is C44H55N5O12. The molecule has 0 saturated heterocycles. The summed E-state index contributed by atoms with van der Waals surface area (Å²) in [5, 5.41) is 20.8. The maximum Gasteiger partial charge on any atom is 0.411 e. The van der Waals surface area contributed by atoms with Crippen LogP contribution in [0.4, 0.5) is 21.0 Å². The van der Waals surface area contributed by atoms with Crippen LogP contribution in [0.15, 0.2) is 73.3 Å². The Bertz CT molecular complexity index is 2020. The number of carbonyl (C=O) groups excluding carboxylic acids is 6. The third-order valence-electron chi connectivity index (χ3n) is 9.58. The minimum Gasteiger partial charge on any atom is -0.493 e. The second-order valence-electron chi connectivity index (χ2n) is 14.4. The summed E-state index contributed by atoms with van der Waals surface area (Å²) in [7, 11) is 1.41. The Kier molecular flexibility index (Phi) is 17.9. The van der Waals surface area contributed by atoms with Crippen molar-refractivity contribution in [3.63, 3.8) is 0 Å². The average Bonchev–Trinajstić information content (AvgIpc) is 3.25. The number of fused-ring (bicyclic) bond motifs is 1. The molecule has 17 nitrogen and oxygen atoms in total. The summed E-state index contributed by atoms with van der Waals surface area (Å²) in [5.74, 6) is -1.80. The quantitative estimate of drug-likeness (QED) is 0.0434. The molecule has 0 radical (unpaired) electrons. The molecule has 1 aliphatic rings. The second kappa shape index (κ2) is 23.2. The van der Waals surface area contributed by atoms with Gasteiger partial charge in [-0.3, -0.25) is 24.5 Å². The molecule has 61 heavy (non-hydrogen) atoms. The molecule has 1 aliphatic heterocycles. The van der Waals surface area contributed by atoms with E-state index in [2.05, 4.69) is 27.8 Å². The second-order valence-corrected chi connectivity index (χ2v) is 14.4. The first kappa shape index (κ1) is 47.1. The number of ether oxygens (including phenoxy) is 5. The first-order chi connectivity index (χ1) is 29.3. The Hall–Kier alpha value is -6.62. The largest absolute Gasteiger partial charge is 0.493 e. The number of rotatable bonds is 20. The van der Waals surface area contributed by atoms with Gasteiger partial charge in [0.25, 0.3) is 5.91 Å². The van der Waals surface area contributed by atoms with Crippen LogP contribution in [0.5, 0.6) is 11.5 Å². The summed E-state index contributed by atoms with van der Waals surface area (Å²) < 4.78 is 26.9. The molecule has 0 spiro atoms. The van der Waals surface area contributed by atoms with Gasteiger partial charge in [0.1, 0.15) is 25.3 Å². The van der Waals surface area contributed by atoms with E-state index in [1.807, 2.05) is 24.3 Å². The fourth-order valence-corrected chi connectivity index (χ4v) is 6.32. The fourth-order valence-electron chi connectivity index (χ4n) is 6.32. The zero-order valence-corrected chi connectivity index (χ0v) is 35.1. The van der Waals surface area contributed by atoms with Gasteiger partial charge < -0.3 is 49.6 Å². The molecule has 0 fully saturated rings. The number of esters is 1. The zero-order valence-electron chi connectivity index (χ0n) is 35.1. The van der Waals surface area contributed by atoms with Gasteiger partial charge in [0.2, 0.25) is 11.8 Å². The highest BCUT2D eigenvalue weighted by Crippen LogP contribution is 2.36. The summed E-state index contributed by atoms with van der Waals surface area (Å²) in [6.45, 7) is 10.3. The lowest BCUT2D eigenvalue weighted by atomic mass is 9.93. The molecule has 3 aromatic carbocycles. The van der Waals surface area contributed by atoms with Gasteiger partial charge in [-0.15, -0.1) is 0 Å². The molecule has 1 heterocycles. The highest BCUT2D eigenvalue weighted by Gasteiger charge is 2.33. The molecule has 3 atom stereocenters. The number of benzene rings is 3. The Morgan fingerprint density at radius 3 is 2.26 bits per heavy atom. The van der Waals surface area contributed by atoms with Crippen molar-refractivity contribution in [2.75, 3.05) is 44.2 Å². The van der Waals surface area contributed by atoms with E-state index in [-0.39, 0.29) is 80.6 Å². The Labute approximate surface area is 355 Å². The monoisotopic (exact) mass is 845 g/mol. The fraction of sp³-hybridized carbons (Fsp3) is 0.409. The summed E-state index contributed by atoms with van der Waals surface area (Å²) >= 11 is 0. The van der Waals surface area contributed by atoms with E-state index < -0.39 is 48.0 Å². The van der Waals surface area contributed by atoms with Crippen LogP contribution >= 0.6 is 0 Å². The van der Waals surface area contributed by atoms with Crippen molar-refractivity contribution in [1.82, 2.24) is 15.5 Å². The third kappa shape index (κ3) is 13.7. The molecule has 5 amide bonds. The van der Waals surface area contributed by atoms with E-state index in [1.165, 1.54) is 32.2 Å². The smallest absolute Gasteiger partial charge is 0.411 e. The molecule has 0 aliphatic carbocycles. The van der Waals surface area contributed by atoms with Crippen molar-refractivity contribution < 1.29 is 57.6 Å². The van der Waals surface area contributed by atoms with E-state index in [0.29, 0.717) is 24.1 Å². The number of methoxy groups -OCH3 is 1. The number of carbonyl (C=O) groups is 6. The van der Waals surface area contributed by atoms with Crippen molar-refractivity contribution >= 4 is 47.3 Å². The lowest BCUT2D eigenvalue weighted by molar-refractivity contribution is -0.143. The van der Waals surface area contributed by atoms with Gasteiger partial charge in [-0.2, -0.15) is 0 Å². The van der Waals surface area contributed by atoms with Crippen molar-refractivity contribution in [2.45, 2.75) is 78.2 Å². The van der Waals surface area contributed by atoms with Crippen LogP contribution in [-0.4, -0.2) is 97.5 Å². The molecule has 3 aromatic rings. The molecule has 4 rings (SSSR count). The molecule has 5 N–H and O–H groups in total. The number of amides is 5. The van der Waals surface area contributed by atoms with E-state index in [0.717, 1.165) is 11.1 Å². The lowest BCUT2D eigenvalue weighted by Gasteiger charge is -2.36. The van der Waals surface area contributed by atoms with Gasteiger partial charge in [0.15, 0.2) is 11.5 Å². The first-order valence-corrected chi connectivity index (χ1v) is 20.0. The highest BCUT2D eigenvalue weighted by atomic mass is 16.6. The summed E-state index contributed by atoms with van der Waals surface area (Å²) in [4.78, 5) is 78.8. The number of aliphatic hydroxyl groups excluding tert-OH is 1. The van der Waals surface area contributed by atoms with Gasteiger partial charge in [-0.05, 0) is 67.5 Å². The van der Waals surface area contributed by atoms with Crippen LogP contribution < -0.4 is 30.7 Å². The molecular weight excluding hydrogens is 791 g/mol. The van der Waals surface area contributed by atoms with Gasteiger partial charge in [0, 0.05) is 24.7 Å². The van der Waals surface area contributed by atoms with E-state index in [4.69, 9.17) is 23.7 Å². The van der Waals surface area contributed by atoms with E-state index >= 15 is 0 Å². The topological polar surface area (TPSA) is 220 Å². The number of aliphatic hydroxyl groups is 1. The van der Waals surface area contributed by atoms with Crippen LogP contribution in [0, 0.1) is 5.92 Å².